The van der Waals surface area contributed by atoms with Crippen LogP contribution < -0.4 is 10.6 Å². The zero-order chi connectivity index (χ0) is 13.9. The Hall–Kier alpha value is -1.85. The maximum Gasteiger partial charge on any atom is 0.275 e. The Morgan fingerprint density at radius 2 is 2.05 bits per heavy atom. The third kappa shape index (κ3) is 4.08. The first-order valence-corrected chi connectivity index (χ1v) is 6.69. The Bertz CT molecular complexity index is 646. The van der Waals surface area contributed by atoms with Gasteiger partial charge in [0.05, 0.1) is 11.9 Å². The maximum absolute atomic E-state index is 12.1. The van der Waals surface area contributed by atoms with Crippen molar-refractivity contribution in [2.24, 2.45) is 0 Å². The van der Waals surface area contributed by atoms with Crippen molar-refractivity contribution < 1.29 is 4.79 Å². The lowest BCUT2D eigenvalue weighted by molar-refractivity contribution is 0.102. The number of nitrogens with one attached hydrogen (secondary N) is 2. The summed E-state index contributed by atoms with van der Waals surface area (Å²) in [7, 11) is 0. The summed E-state index contributed by atoms with van der Waals surface area (Å²) < 4.78 is 0. The number of rotatable bonds is 2. The van der Waals surface area contributed by atoms with Crippen molar-refractivity contribution in [1.29, 1.82) is 0 Å². The highest BCUT2D eigenvalue weighted by Gasteiger charge is 2.11. The molecule has 2 heterocycles. The van der Waals surface area contributed by atoms with Crippen LogP contribution in [0.15, 0.2) is 30.6 Å². The summed E-state index contributed by atoms with van der Waals surface area (Å²) in [6.45, 7) is 2.85. The SMILES string of the molecule is Cc1cnc(C(=O)Nc2ccc3c(c2)CCCN3)cn1.Cl.Cl. The predicted molar refractivity (Wildman–Crippen MR) is 92.5 cm³/mol. The first kappa shape index (κ1) is 18.2. The smallest absolute Gasteiger partial charge is 0.275 e. The number of carbonyl (C=O) groups is 1. The Balaban J connectivity index is 0.00000121. The number of aryl methyl sites for hydroxylation is 2. The molecule has 1 amide bonds. The summed E-state index contributed by atoms with van der Waals surface area (Å²) in [4.78, 5) is 20.2. The lowest BCUT2D eigenvalue weighted by Crippen LogP contribution is -2.16. The number of nitrogens with zero attached hydrogens (tertiary/aromatic N) is 2. The standard InChI is InChI=1S/C15H16N4O.2ClH/c1-10-8-18-14(9-17-10)15(20)19-12-4-5-13-11(7-12)3-2-6-16-13;;/h4-5,7-9,16H,2-3,6H2,1H3,(H,19,20);2*1H. The van der Waals surface area contributed by atoms with Crippen LogP contribution in [0, 0.1) is 6.92 Å². The van der Waals surface area contributed by atoms with E-state index in [2.05, 4.69) is 20.6 Å². The molecule has 0 atom stereocenters. The fourth-order valence-electron chi connectivity index (χ4n) is 2.26. The van der Waals surface area contributed by atoms with E-state index in [-0.39, 0.29) is 30.7 Å². The van der Waals surface area contributed by atoms with Crippen molar-refractivity contribution in [3.05, 3.63) is 47.5 Å². The number of aromatic nitrogens is 2. The number of carbonyl (C=O) groups excluding carboxylic acids is 1. The van der Waals surface area contributed by atoms with E-state index in [0.717, 1.165) is 36.5 Å². The summed E-state index contributed by atoms with van der Waals surface area (Å²) in [6, 6.07) is 5.92. The van der Waals surface area contributed by atoms with E-state index in [1.165, 1.54) is 11.8 Å². The Labute approximate surface area is 141 Å². The van der Waals surface area contributed by atoms with E-state index in [1.807, 2.05) is 25.1 Å². The van der Waals surface area contributed by atoms with Crippen molar-refractivity contribution in [2.45, 2.75) is 19.8 Å². The van der Waals surface area contributed by atoms with Gasteiger partial charge in [-0.2, -0.15) is 0 Å². The van der Waals surface area contributed by atoms with Crippen LogP contribution in [0.5, 0.6) is 0 Å². The quantitative estimate of drug-likeness (QED) is 0.880. The molecule has 1 aliphatic heterocycles. The molecule has 7 heteroatoms. The number of hydrogen-bond acceptors (Lipinski definition) is 4. The molecule has 1 aliphatic rings. The molecular weight excluding hydrogens is 323 g/mol. The minimum Gasteiger partial charge on any atom is -0.385 e. The molecule has 2 N–H and O–H groups in total. The number of halogens is 2. The largest absolute Gasteiger partial charge is 0.385 e. The van der Waals surface area contributed by atoms with E-state index in [1.54, 1.807) is 6.20 Å². The second-order valence-electron chi connectivity index (χ2n) is 4.90. The van der Waals surface area contributed by atoms with Gasteiger partial charge in [-0.1, -0.05) is 0 Å². The van der Waals surface area contributed by atoms with Gasteiger partial charge in [0.25, 0.3) is 5.91 Å². The van der Waals surface area contributed by atoms with Gasteiger partial charge in [-0.05, 0) is 43.5 Å². The molecular formula is C15H18Cl2N4O. The molecule has 0 radical (unpaired) electrons. The van der Waals surface area contributed by atoms with Gasteiger partial charge >= 0.3 is 0 Å². The van der Waals surface area contributed by atoms with Gasteiger partial charge in [0.2, 0.25) is 0 Å². The maximum atomic E-state index is 12.1. The molecule has 0 saturated heterocycles. The molecule has 0 saturated carbocycles. The van der Waals surface area contributed by atoms with Crippen LogP contribution in [0.4, 0.5) is 11.4 Å². The second kappa shape index (κ2) is 7.96. The highest BCUT2D eigenvalue weighted by molar-refractivity contribution is 6.02. The molecule has 2 aromatic rings. The molecule has 22 heavy (non-hydrogen) atoms. The summed E-state index contributed by atoms with van der Waals surface area (Å²) in [5, 5.41) is 6.20. The predicted octanol–water partition coefficient (Wildman–Crippen LogP) is 3.24. The lowest BCUT2D eigenvalue weighted by Gasteiger charge is -2.18. The van der Waals surface area contributed by atoms with Crippen LogP contribution >= 0.6 is 24.8 Å². The first-order valence-electron chi connectivity index (χ1n) is 6.69. The van der Waals surface area contributed by atoms with Gasteiger partial charge in [0, 0.05) is 24.1 Å². The molecule has 5 nitrogen and oxygen atoms in total. The first-order chi connectivity index (χ1) is 9.72. The van der Waals surface area contributed by atoms with Crippen molar-refractivity contribution in [2.75, 3.05) is 17.2 Å². The summed E-state index contributed by atoms with van der Waals surface area (Å²) in [5.74, 6) is -0.235. The van der Waals surface area contributed by atoms with Gasteiger partial charge in [-0.3, -0.25) is 9.78 Å². The zero-order valence-electron chi connectivity index (χ0n) is 12.1. The van der Waals surface area contributed by atoms with Crippen LogP contribution in [0.3, 0.4) is 0 Å². The van der Waals surface area contributed by atoms with Gasteiger partial charge in [0.1, 0.15) is 5.69 Å². The molecule has 0 spiro atoms. The molecule has 0 unspecified atom stereocenters. The molecule has 0 fully saturated rings. The fraction of sp³-hybridized carbons (Fsp3) is 0.267. The van der Waals surface area contributed by atoms with Crippen molar-refractivity contribution in [1.82, 2.24) is 9.97 Å². The molecule has 118 valence electrons. The second-order valence-corrected chi connectivity index (χ2v) is 4.90. The number of benzene rings is 1. The monoisotopic (exact) mass is 340 g/mol. The Morgan fingerprint density at radius 3 is 2.77 bits per heavy atom. The third-order valence-electron chi connectivity index (χ3n) is 3.32. The van der Waals surface area contributed by atoms with Crippen LogP contribution in [0.1, 0.15) is 28.2 Å². The van der Waals surface area contributed by atoms with E-state index >= 15 is 0 Å². The van der Waals surface area contributed by atoms with Crippen LogP contribution in [0.2, 0.25) is 0 Å². The number of fused-ring (bicyclic) bond motifs is 1. The van der Waals surface area contributed by atoms with Gasteiger partial charge < -0.3 is 10.6 Å². The number of anilines is 2. The minimum absolute atomic E-state index is 0. The zero-order valence-corrected chi connectivity index (χ0v) is 13.8. The van der Waals surface area contributed by atoms with E-state index < -0.39 is 0 Å². The van der Waals surface area contributed by atoms with Crippen LogP contribution in [-0.2, 0) is 6.42 Å². The summed E-state index contributed by atoms with van der Waals surface area (Å²) in [6.07, 6.45) is 5.24. The third-order valence-corrected chi connectivity index (χ3v) is 3.32. The molecule has 0 aliphatic carbocycles. The topological polar surface area (TPSA) is 66.9 Å². The highest BCUT2D eigenvalue weighted by Crippen LogP contribution is 2.25. The molecule has 1 aromatic heterocycles. The van der Waals surface area contributed by atoms with E-state index in [4.69, 9.17) is 0 Å². The molecule has 1 aromatic carbocycles. The van der Waals surface area contributed by atoms with Crippen LogP contribution in [0.25, 0.3) is 0 Å². The van der Waals surface area contributed by atoms with E-state index in [0.29, 0.717) is 5.69 Å². The molecule has 0 bridgehead atoms. The fourth-order valence-corrected chi connectivity index (χ4v) is 2.26. The van der Waals surface area contributed by atoms with Gasteiger partial charge in [-0.25, -0.2) is 4.98 Å². The minimum atomic E-state index is -0.235. The number of hydrogen-bond donors (Lipinski definition) is 2. The average Bonchev–Trinajstić information content (AvgIpc) is 2.48. The summed E-state index contributed by atoms with van der Waals surface area (Å²) >= 11 is 0. The van der Waals surface area contributed by atoms with Crippen molar-refractivity contribution in [3.63, 3.8) is 0 Å². The van der Waals surface area contributed by atoms with Crippen molar-refractivity contribution in [3.8, 4) is 0 Å². The Kier molecular flexibility index (Phi) is 6.59. The van der Waals surface area contributed by atoms with Gasteiger partial charge in [-0.15, -0.1) is 24.8 Å². The van der Waals surface area contributed by atoms with Crippen LogP contribution in [-0.4, -0.2) is 22.4 Å². The summed E-state index contributed by atoms with van der Waals surface area (Å²) in [5.41, 5.74) is 4.31. The van der Waals surface area contributed by atoms with Gasteiger partial charge in [0.15, 0.2) is 0 Å². The molecule has 3 rings (SSSR count). The van der Waals surface area contributed by atoms with E-state index in [9.17, 15) is 4.79 Å². The number of amides is 1. The van der Waals surface area contributed by atoms with Crippen molar-refractivity contribution >= 4 is 42.1 Å². The lowest BCUT2D eigenvalue weighted by atomic mass is 10.0. The normalized spacial score (nSPS) is 12.0. The Morgan fingerprint density at radius 1 is 1.23 bits per heavy atom. The highest BCUT2D eigenvalue weighted by atomic mass is 35.5. The average molecular weight is 341 g/mol.